The van der Waals surface area contributed by atoms with Crippen molar-refractivity contribution in [2.24, 2.45) is 0 Å². The molecule has 1 aliphatic heterocycles. The van der Waals surface area contributed by atoms with Gasteiger partial charge in [0.1, 0.15) is 0 Å². The van der Waals surface area contributed by atoms with Gasteiger partial charge in [-0.15, -0.1) is 0 Å². The lowest BCUT2D eigenvalue weighted by Gasteiger charge is -2.23. The summed E-state index contributed by atoms with van der Waals surface area (Å²) in [7, 11) is 0. The summed E-state index contributed by atoms with van der Waals surface area (Å²) in [6, 6.07) is 6.47. The third kappa shape index (κ3) is 3.06. The number of benzene rings is 1. The van der Waals surface area contributed by atoms with E-state index in [2.05, 4.69) is 32.0 Å². The zero-order chi connectivity index (χ0) is 11.4. The first-order chi connectivity index (χ1) is 7.75. The van der Waals surface area contributed by atoms with Crippen LogP contribution >= 0.6 is 0 Å². The average Bonchev–Trinajstić information content (AvgIpc) is 2.29. The molecule has 16 heavy (non-hydrogen) atoms. The second-order valence-corrected chi connectivity index (χ2v) is 4.54. The Bertz CT molecular complexity index is 341. The van der Waals surface area contributed by atoms with Crippen molar-refractivity contribution in [3.05, 3.63) is 34.9 Å². The maximum Gasteiger partial charge on any atom is 0.158 e. The van der Waals surface area contributed by atoms with Crippen LogP contribution in [0, 0.1) is 13.8 Å². The fourth-order valence-electron chi connectivity index (χ4n) is 2.03. The van der Waals surface area contributed by atoms with Crippen molar-refractivity contribution in [2.45, 2.75) is 46.0 Å². The van der Waals surface area contributed by atoms with Gasteiger partial charge in [-0.05, 0) is 44.2 Å². The zero-order valence-electron chi connectivity index (χ0n) is 10.2. The number of ether oxygens (including phenoxy) is 2. The van der Waals surface area contributed by atoms with Crippen LogP contribution in [0.15, 0.2) is 18.2 Å². The van der Waals surface area contributed by atoms with E-state index in [-0.39, 0.29) is 6.29 Å². The minimum Gasteiger partial charge on any atom is -0.353 e. The van der Waals surface area contributed by atoms with Crippen LogP contribution in [0.1, 0.15) is 36.0 Å². The Morgan fingerprint density at radius 1 is 1.31 bits per heavy atom. The van der Waals surface area contributed by atoms with Crippen molar-refractivity contribution in [3.63, 3.8) is 0 Å². The average molecular weight is 220 g/mol. The predicted octanol–water partition coefficient (Wildman–Crippen LogP) is 3.35. The highest BCUT2D eigenvalue weighted by molar-refractivity contribution is 5.29. The molecule has 1 aliphatic rings. The maximum absolute atomic E-state index is 5.77. The summed E-state index contributed by atoms with van der Waals surface area (Å²) in [5.41, 5.74) is 3.87. The molecule has 0 aliphatic carbocycles. The minimum atomic E-state index is 0.00875. The van der Waals surface area contributed by atoms with Gasteiger partial charge in [-0.1, -0.05) is 23.8 Å². The largest absolute Gasteiger partial charge is 0.353 e. The lowest BCUT2D eigenvalue weighted by Crippen LogP contribution is -2.22. The third-order valence-electron chi connectivity index (χ3n) is 3.06. The molecule has 1 fully saturated rings. The standard InChI is InChI=1S/C14H20O2/c1-11-6-7-13(12(2)9-11)10-16-14-5-3-4-8-15-14/h6-7,9,14H,3-5,8,10H2,1-2H3. The van der Waals surface area contributed by atoms with Gasteiger partial charge in [-0.25, -0.2) is 0 Å². The molecule has 0 aromatic heterocycles. The van der Waals surface area contributed by atoms with E-state index in [0.29, 0.717) is 6.61 Å². The third-order valence-corrected chi connectivity index (χ3v) is 3.06. The lowest BCUT2D eigenvalue weighted by molar-refractivity contribution is -0.169. The van der Waals surface area contributed by atoms with E-state index in [1.807, 2.05) is 0 Å². The normalized spacial score (nSPS) is 21.0. The van der Waals surface area contributed by atoms with Crippen molar-refractivity contribution in [1.82, 2.24) is 0 Å². The van der Waals surface area contributed by atoms with Gasteiger partial charge in [0.15, 0.2) is 6.29 Å². The molecule has 0 spiro atoms. The monoisotopic (exact) mass is 220 g/mol. The molecule has 1 unspecified atom stereocenters. The molecule has 1 aromatic carbocycles. The second kappa shape index (κ2) is 5.46. The fraction of sp³-hybridized carbons (Fsp3) is 0.571. The molecule has 0 amide bonds. The van der Waals surface area contributed by atoms with E-state index in [1.54, 1.807) is 0 Å². The number of rotatable bonds is 3. The van der Waals surface area contributed by atoms with Crippen molar-refractivity contribution in [2.75, 3.05) is 6.61 Å². The van der Waals surface area contributed by atoms with Crippen molar-refractivity contribution < 1.29 is 9.47 Å². The van der Waals surface area contributed by atoms with E-state index in [4.69, 9.17) is 9.47 Å². The molecular formula is C14H20O2. The molecule has 2 nitrogen and oxygen atoms in total. The van der Waals surface area contributed by atoms with E-state index >= 15 is 0 Å². The van der Waals surface area contributed by atoms with Crippen molar-refractivity contribution in [1.29, 1.82) is 0 Å². The van der Waals surface area contributed by atoms with E-state index in [9.17, 15) is 0 Å². The van der Waals surface area contributed by atoms with E-state index < -0.39 is 0 Å². The Balaban J connectivity index is 1.88. The molecule has 0 saturated carbocycles. The molecule has 1 aromatic rings. The first-order valence-corrected chi connectivity index (χ1v) is 6.05. The Labute approximate surface area is 97.6 Å². The van der Waals surface area contributed by atoms with Crippen LogP contribution in [0.3, 0.4) is 0 Å². The molecular weight excluding hydrogens is 200 g/mol. The molecule has 0 bridgehead atoms. The second-order valence-electron chi connectivity index (χ2n) is 4.54. The summed E-state index contributed by atoms with van der Waals surface area (Å²) in [6.07, 6.45) is 3.43. The highest BCUT2D eigenvalue weighted by atomic mass is 16.7. The number of hydrogen-bond acceptors (Lipinski definition) is 2. The van der Waals surface area contributed by atoms with Gasteiger partial charge in [0, 0.05) is 6.61 Å². The Morgan fingerprint density at radius 2 is 2.19 bits per heavy atom. The highest BCUT2D eigenvalue weighted by Crippen LogP contribution is 2.17. The van der Waals surface area contributed by atoms with Crippen LogP contribution in [-0.2, 0) is 16.1 Å². The van der Waals surface area contributed by atoms with Crippen LogP contribution in [-0.4, -0.2) is 12.9 Å². The topological polar surface area (TPSA) is 18.5 Å². The van der Waals surface area contributed by atoms with Gasteiger partial charge < -0.3 is 9.47 Å². The van der Waals surface area contributed by atoms with Crippen molar-refractivity contribution in [3.8, 4) is 0 Å². The molecule has 2 heteroatoms. The molecule has 0 radical (unpaired) electrons. The van der Waals surface area contributed by atoms with Gasteiger partial charge in [0.2, 0.25) is 0 Å². The zero-order valence-corrected chi connectivity index (χ0v) is 10.2. The van der Waals surface area contributed by atoms with Crippen LogP contribution < -0.4 is 0 Å². The highest BCUT2D eigenvalue weighted by Gasteiger charge is 2.14. The molecule has 88 valence electrons. The minimum absolute atomic E-state index is 0.00875. The Hall–Kier alpha value is -0.860. The smallest absolute Gasteiger partial charge is 0.158 e. The summed E-state index contributed by atoms with van der Waals surface area (Å²) in [4.78, 5) is 0. The van der Waals surface area contributed by atoms with Crippen LogP contribution in [0.25, 0.3) is 0 Å². The van der Waals surface area contributed by atoms with Gasteiger partial charge in [0.25, 0.3) is 0 Å². The van der Waals surface area contributed by atoms with Crippen molar-refractivity contribution >= 4 is 0 Å². The number of hydrogen-bond donors (Lipinski definition) is 0. The SMILES string of the molecule is Cc1ccc(COC2CCCCO2)c(C)c1. The van der Waals surface area contributed by atoms with Crippen LogP contribution in [0.5, 0.6) is 0 Å². The molecule has 1 saturated heterocycles. The maximum atomic E-state index is 5.77. The summed E-state index contributed by atoms with van der Waals surface area (Å²) in [5.74, 6) is 0. The van der Waals surface area contributed by atoms with Gasteiger partial charge in [-0.3, -0.25) is 0 Å². The summed E-state index contributed by atoms with van der Waals surface area (Å²) < 4.78 is 11.3. The van der Waals surface area contributed by atoms with Crippen LogP contribution in [0.2, 0.25) is 0 Å². The van der Waals surface area contributed by atoms with Gasteiger partial charge in [-0.2, -0.15) is 0 Å². The molecule has 2 rings (SSSR count). The summed E-state index contributed by atoms with van der Waals surface area (Å²) in [5, 5.41) is 0. The quantitative estimate of drug-likeness (QED) is 0.777. The first kappa shape index (κ1) is 11.6. The van der Waals surface area contributed by atoms with Crippen LogP contribution in [0.4, 0.5) is 0 Å². The van der Waals surface area contributed by atoms with Gasteiger partial charge >= 0.3 is 0 Å². The molecule has 1 heterocycles. The Morgan fingerprint density at radius 3 is 2.88 bits per heavy atom. The lowest BCUT2D eigenvalue weighted by atomic mass is 10.1. The predicted molar refractivity (Wildman–Crippen MR) is 64.3 cm³/mol. The molecule has 1 atom stereocenters. The Kier molecular flexibility index (Phi) is 3.97. The fourth-order valence-corrected chi connectivity index (χ4v) is 2.03. The number of aryl methyl sites for hydroxylation is 2. The van der Waals surface area contributed by atoms with Gasteiger partial charge in [0.05, 0.1) is 6.61 Å². The first-order valence-electron chi connectivity index (χ1n) is 6.05. The summed E-state index contributed by atoms with van der Waals surface area (Å²) in [6.45, 7) is 5.75. The summed E-state index contributed by atoms with van der Waals surface area (Å²) >= 11 is 0. The van der Waals surface area contributed by atoms with E-state index in [0.717, 1.165) is 13.0 Å². The molecule has 0 N–H and O–H groups in total. The van der Waals surface area contributed by atoms with E-state index in [1.165, 1.54) is 29.5 Å².